The van der Waals surface area contributed by atoms with Crippen LogP contribution in [0, 0.1) is 0 Å². The van der Waals surface area contributed by atoms with Gasteiger partial charge in [0.05, 0.1) is 5.69 Å². The maximum atomic E-state index is 2.44. The lowest BCUT2D eigenvalue weighted by Gasteiger charge is -2.29. The van der Waals surface area contributed by atoms with E-state index in [1.165, 1.54) is 76.8 Å². The fourth-order valence-electron chi connectivity index (χ4n) is 9.04. The van der Waals surface area contributed by atoms with Crippen molar-refractivity contribution in [2.45, 2.75) is 0 Å². The van der Waals surface area contributed by atoms with E-state index in [0.29, 0.717) is 0 Å². The quantitative estimate of drug-likeness (QED) is 0.139. The Balaban J connectivity index is 1.13. The van der Waals surface area contributed by atoms with E-state index in [9.17, 15) is 0 Å². The standard InChI is InChI=1S/C60H41N/c1-4-17-44(18-5-1)54-36-35-52(41-58(54)45-19-6-2-7-20-45)61(51-33-30-43(31-34-51)48-29-28-42-16-10-11-23-47(42)38-48)60-37-32-50(40-59(60)46-21-8-3-9-22-46)57-39-49-24-12-13-25-53(49)55-26-14-15-27-56(55)57/h1-41H. The molecule has 0 heterocycles. The third-order valence-electron chi connectivity index (χ3n) is 12.0. The third kappa shape index (κ3) is 6.83. The third-order valence-corrected chi connectivity index (χ3v) is 12.0. The van der Waals surface area contributed by atoms with Crippen molar-refractivity contribution in [2.75, 3.05) is 4.90 Å². The average molecular weight is 776 g/mol. The van der Waals surface area contributed by atoms with Crippen molar-refractivity contribution in [1.82, 2.24) is 0 Å². The lowest BCUT2D eigenvalue weighted by atomic mass is 9.90. The first-order chi connectivity index (χ1) is 30.2. The van der Waals surface area contributed by atoms with E-state index in [1.807, 2.05) is 0 Å². The summed E-state index contributed by atoms with van der Waals surface area (Å²) in [5.74, 6) is 0. The Hall–Kier alpha value is -8.00. The number of fused-ring (bicyclic) bond motifs is 4. The fourth-order valence-corrected chi connectivity index (χ4v) is 9.04. The summed E-state index contributed by atoms with van der Waals surface area (Å²) >= 11 is 0. The zero-order valence-corrected chi connectivity index (χ0v) is 33.6. The van der Waals surface area contributed by atoms with E-state index in [4.69, 9.17) is 0 Å². The number of rotatable bonds is 8. The molecule has 0 unspecified atom stereocenters. The minimum atomic E-state index is 1.08. The summed E-state index contributed by atoms with van der Waals surface area (Å²) in [5.41, 5.74) is 15.1. The maximum Gasteiger partial charge on any atom is 0.0540 e. The van der Waals surface area contributed by atoms with Crippen molar-refractivity contribution in [3.63, 3.8) is 0 Å². The average Bonchev–Trinajstić information content (AvgIpc) is 3.35. The summed E-state index contributed by atoms with van der Waals surface area (Å²) in [6, 6.07) is 90.6. The van der Waals surface area contributed by atoms with Gasteiger partial charge >= 0.3 is 0 Å². The Labute approximate surface area is 357 Å². The molecule has 0 amide bonds. The molecule has 11 aromatic rings. The van der Waals surface area contributed by atoms with Gasteiger partial charge in [0.1, 0.15) is 0 Å². The number of hydrogen-bond acceptors (Lipinski definition) is 1. The summed E-state index contributed by atoms with van der Waals surface area (Å²) in [6.45, 7) is 0. The van der Waals surface area contributed by atoms with Crippen LogP contribution in [-0.4, -0.2) is 0 Å². The molecule has 0 N–H and O–H groups in total. The first-order valence-electron chi connectivity index (χ1n) is 21.0. The van der Waals surface area contributed by atoms with Crippen molar-refractivity contribution in [3.8, 4) is 55.6 Å². The summed E-state index contributed by atoms with van der Waals surface area (Å²) in [6.07, 6.45) is 0. The lowest BCUT2D eigenvalue weighted by molar-refractivity contribution is 1.28. The molecule has 286 valence electrons. The second-order valence-electron chi connectivity index (χ2n) is 15.7. The number of anilines is 3. The topological polar surface area (TPSA) is 3.24 Å². The van der Waals surface area contributed by atoms with Gasteiger partial charge in [0, 0.05) is 16.9 Å². The van der Waals surface area contributed by atoms with Gasteiger partial charge in [0.15, 0.2) is 0 Å². The molecule has 0 atom stereocenters. The summed E-state index contributed by atoms with van der Waals surface area (Å²) in [7, 11) is 0. The Bertz CT molecular complexity index is 3330. The molecule has 1 nitrogen and oxygen atoms in total. The summed E-state index contributed by atoms with van der Waals surface area (Å²) < 4.78 is 0. The van der Waals surface area contributed by atoms with Crippen LogP contribution in [0.4, 0.5) is 17.1 Å². The molecule has 0 fully saturated rings. The highest BCUT2D eigenvalue weighted by Gasteiger charge is 2.21. The molecular weight excluding hydrogens is 735 g/mol. The van der Waals surface area contributed by atoms with Gasteiger partial charge in [-0.2, -0.15) is 0 Å². The molecular formula is C60H41N. The molecule has 0 saturated heterocycles. The van der Waals surface area contributed by atoms with Gasteiger partial charge in [-0.25, -0.2) is 0 Å². The molecule has 61 heavy (non-hydrogen) atoms. The highest BCUT2D eigenvalue weighted by molar-refractivity contribution is 6.14. The van der Waals surface area contributed by atoms with Crippen LogP contribution >= 0.6 is 0 Å². The minimum absolute atomic E-state index is 1.08. The Morgan fingerprint density at radius 1 is 0.213 bits per heavy atom. The molecule has 11 rings (SSSR count). The van der Waals surface area contributed by atoms with Gasteiger partial charge in [-0.1, -0.05) is 200 Å². The first-order valence-corrected chi connectivity index (χ1v) is 21.0. The normalized spacial score (nSPS) is 11.3. The largest absolute Gasteiger partial charge is 0.310 e. The molecule has 0 radical (unpaired) electrons. The molecule has 1 heteroatoms. The molecule has 0 saturated carbocycles. The monoisotopic (exact) mass is 775 g/mol. The number of nitrogens with zero attached hydrogens (tertiary/aromatic N) is 1. The molecule has 0 aliphatic rings. The highest BCUT2D eigenvalue weighted by atomic mass is 15.1. The lowest BCUT2D eigenvalue weighted by Crippen LogP contribution is -2.12. The van der Waals surface area contributed by atoms with E-state index >= 15 is 0 Å². The van der Waals surface area contributed by atoms with Gasteiger partial charge in [-0.05, 0) is 131 Å². The predicted octanol–water partition coefficient (Wildman–Crippen LogP) is 17.0. The Morgan fingerprint density at radius 2 is 0.738 bits per heavy atom. The second-order valence-corrected chi connectivity index (χ2v) is 15.7. The van der Waals surface area contributed by atoms with Crippen LogP contribution in [0.5, 0.6) is 0 Å². The van der Waals surface area contributed by atoms with Crippen molar-refractivity contribution in [1.29, 1.82) is 0 Å². The van der Waals surface area contributed by atoms with Crippen molar-refractivity contribution in [2.24, 2.45) is 0 Å². The van der Waals surface area contributed by atoms with E-state index < -0.39 is 0 Å². The SMILES string of the molecule is c1ccc(-c2ccc(N(c3ccc(-c4ccc5ccccc5c4)cc3)c3ccc(-c4cc5ccccc5c5ccccc45)cc3-c3ccccc3)cc2-c2ccccc2)cc1. The van der Waals surface area contributed by atoms with Crippen LogP contribution in [-0.2, 0) is 0 Å². The highest BCUT2D eigenvalue weighted by Crippen LogP contribution is 2.46. The summed E-state index contributed by atoms with van der Waals surface area (Å²) in [5, 5.41) is 7.51. The summed E-state index contributed by atoms with van der Waals surface area (Å²) in [4.78, 5) is 2.44. The smallest absolute Gasteiger partial charge is 0.0540 e. The van der Waals surface area contributed by atoms with Crippen molar-refractivity contribution in [3.05, 3.63) is 249 Å². The Morgan fingerprint density at radius 3 is 1.44 bits per heavy atom. The van der Waals surface area contributed by atoms with Gasteiger partial charge < -0.3 is 4.90 Å². The van der Waals surface area contributed by atoms with E-state index in [1.54, 1.807) is 0 Å². The van der Waals surface area contributed by atoms with E-state index in [0.717, 1.165) is 28.2 Å². The Kier molecular flexibility index (Phi) is 9.26. The molecule has 11 aromatic carbocycles. The van der Waals surface area contributed by atoms with Crippen LogP contribution in [0.2, 0.25) is 0 Å². The molecule has 0 spiro atoms. The molecule has 0 aliphatic heterocycles. The fraction of sp³-hybridized carbons (Fsp3) is 0. The second kappa shape index (κ2) is 15.6. The van der Waals surface area contributed by atoms with Crippen LogP contribution in [0.3, 0.4) is 0 Å². The number of hydrogen-bond donors (Lipinski definition) is 0. The van der Waals surface area contributed by atoms with Crippen molar-refractivity contribution >= 4 is 49.4 Å². The van der Waals surface area contributed by atoms with Gasteiger partial charge in [0.25, 0.3) is 0 Å². The van der Waals surface area contributed by atoms with Crippen LogP contribution < -0.4 is 4.90 Å². The zero-order chi connectivity index (χ0) is 40.5. The van der Waals surface area contributed by atoms with Gasteiger partial charge in [-0.15, -0.1) is 0 Å². The van der Waals surface area contributed by atoms with E-state index in [2.05, 4.69) is 254 Å². The van der Waals surface area contributed by atoms with Gasteiger partial charge in [0.2, 0.25) is 0 Å². The first kappa shape index (κ1) is 36.1. The van der Waals surface area contributed by atoms with Crippen LogP contribution in [0.25, 0.3) is 88.0 Å². The molecule has 0 aromatic heterocycles. The number of benzene rings is 11. The minimum Gasteiger partial charge on any atom is -0.310 e. The predicted molar refractivity (Wildman–Crippen MR) is 261 cm³/mol. The van der Waals surface area contributed by atoms with E-state index in [-0.39, 0.29) is 0 Å². The molecule has 0 bridgehead atoms. The van der Waals surface area contributed by atoms with Gasteiger partial charge in [-0.3, -0.25) is 0 Å². The van der Waals surface area contributed by atoms with Crippen molar-refractivity contribution < 1.29 is 0 Å². The zero-order valence-electron chi connectivity index (χ0n) is 33.6. The molecule has 0 aliphatic carbocycles. The maximum absolute atomic E-state index is 2.44. The van der Waals surface area contributed by atoms with Crippen LogP contribution in [0.1, 0.15) is 0 Å². The van der Waals surface area contributed by atoms with Crippen LogP contribution in [0.15, 0.2) is 249 Å².